The summed E-state index contributed by atoms with van der Waals surface area (Å²) in [6, 6.07) is 6.86. The molecule has 0 aliphatic heterocycles. The summed E-state index contributed by atoms with van der Waals surface area (Å²) in [5.41, 5.74) is -2.86. The minimum atomic E-state index is -4.17. The molecular formula is C19H17ClN4O7S. The van der Waals surface area contributed by atoms with Crippen molar-refractivity contribution in [3.05, 3.63) is 88.6 Å². The van der Waals surface area contributed by atoms with Crippen LogP contribution in [0.25, 0.3) is 5.69 Å². The molecule has 1 aromatic heterocycles. The van der Waals surface area contributed by atoms with Crippen molar-refractivity contribution in [1.29, 1.82) is 0 Å². The maximum Gasteiger partial charge on any atom is 0.340 e. The summed E-state index contributed by atoms with van der Waals surface area (Å²) in [6.45, 7) is 3.24. The number of aromatic nitrogens is 3. The third-order valence-corrected chi connectivity index (χ3v) is 7.01. The van der Waals surface area contributed by atoms with Crippen LogP contribution in [0.1, 0.15) is 18.9 Å². The maximum absolute atomic E-state index is 13.1. The normalized spacial score (nSPS) is 11.5. The Bertz CT molecular complexity index is 1480. The quantitative estimate of drug-likeness (QED) is 0.416. The molecule has 0 spiro atoms. The highest BCUT2D eigenvalue weighted by Crippen LogP contribution is 2.34. The standard InChI is InChI=1S/C19H17ClN4O7S/c1-3-8-22-17(25)21-18(26)23(19(22)27)12-4-6-14(7-5-12)32(30,31)16-11(2)9-13(24(28)29)10-15(16)20/h4-7,9-10H,3,8H2,1-2H3,(H,21,25,26). The van der Waals surface area contributed by atoms with Crippen LogP contribution in [0.2, 0.25) is 5.02 Å². The Morgan fingerprint density at radius 3 is 2.25 bits per heavy atom. The molecule has 0 aliphatic rings. The molecule has 0 unspecified atom stereocenters. The molecule has 168 valence electrons. The summed E-state index contributed by atoms with van der Waals surface area (Å²) in [5, 5.41) is 10.7. The predicted molar refractivity (Wildman–Crippen MR) is 116 cm³/mol. The molecule has 0 radical (unpaired) electrons. The van der Waals surface area contributed by atoms with Crippen molar-refractivity contribution >= 4 is 27.1 Å². The molecule has 32 heavy (non-hydrogen) atoms. The van der Waals surface area contributed by atoms with Crippen molar-refractivity contribution < 1.29 is 13.3 Å². The fourth-order valence-electron chi connectivity index (χ4n) is 3.21. The molecule has 13 heteroatoms. The van der Waals surface area contributed by atoms with E-state index >= 15 is 0 Å². The summed E-state index contributed by atoms with van der Waals surface area (Å²) in [7, 11) is -4.17. The Labute approximate surface area is 185 Å². The lowest BCUT2D eigenvalue weighted by Crippen LogP contribution is -2.48. The van der Waals surface area contributed by atoms with Gasteiger partial charge in [-0.15, -0.1) is 0 Å². The van der Waals surface area contributed by atoms with Gasteiger partial charge in [0.05, 0.1) is 25.4 Å². The van der Waals surface area contributed by atoms with Crippen LogP contribution in [-0.2, 0) is 16.4 Å². The van der Waals surface area contributed by atoms with Gasteiger partial charge in [0.25, 0.3) is 5.69 Å². The lowest BCUT2D eigenvalue weighted by molar-refractivity contribution is -0.384. The number of aryl methyl sites for hydroxylation is 1. The predicted octanol–water partition coefficient (Wildman–Crippen LogP) is 1.80. The molecule has 1 N–H and O–H groups in total. The van der Waals surface area contributed by atoms with E-state index in [1.807, 2.05) is 0 Å². The van der Waals surface area contributed by atoms with Crippen LogP contribution in [-0.4, -0.2) is 27.5 Å². The number of hydrogen-bond donors (Lipinski definition) is 1. The van der Waals surface area contributed by atoms with Gasteiger partial charge in [0.2, 0.25) is 9.84 Å². The maximum atomic E-state index is 13.1. The van der Waals surface area contributed by atoms with E-state index in [2.05, 4.69) is 4.98 Å². The molecule has 0 saturated carbocycles. The van der Waals surface area contributed by atoms with E-state index in [0.717, 1.165) is 21.3 Å². The second kappa shape index (κ2) is 8.55. The Morgan fingerprint density at radius 2 is 1.72 bits per heavy atom. The number of nitro benzene ring substituents is 1. The number of nitrogens with one attached hydrogen (secondary N) is 1. The third-order valence-electron chi connectivity index (χ3n) is 4.63. The molecular weight excluding hydrogens is 464 g/mol. The molecule has 11 nitrogen and oxygen atoms in total. The monoisotopic (exact) mass is 480 g/mol. The van der Waals surface area contributed by atoms with E-state index < -0.39 is 31.8 Å². The topological polar surface area (TPSA) is 154 Å². The van der Waals surface area contributed by atoms with Crippen molar-refractivity contribution in [2.24, 2.45) is 0 Å². The second-order valence-electron chi connectivity index (χ2n) is 6.83. The summed E-state index contributed by atoms with van der Waals surface area (Å²) >= 11 is 6.04. The van der Waals surface area contributed by atoms with Gasteiger partial charge in [-0.3, -0.25) is 15.1 Å². The van der Waals surface area contributed by atoms with Crippen molar-refractivity contribution in [3.8, 4) is 5.69 Å². The zero-order valence-electron chi connectivity index (χ0n) is 16.9. The molecule has 0 amide bonds. The van der Waals surface area contributed by atoms with Crippen molar-refractivity contribution in [1.82, 2.24) is 14.1 Å². The lowest BCUT2D eigenvalue weighted by Gasteiger charge is -2.11. The molecule has 0 saturated heterocycles. The molecule has 0 fully saturated rings. The SMILES string of the molecule is CCCn1c(=O)[nH]c(=O)n(-c2ccc(S(=O)(=O)c3c(C)cc([N+](=O)[O-])cc3Cl)cc2)c1=O. The number of nitro groups is 1. The van der Waals surface area contributed by atoms with Gasteiger partial charge in [-0.05, 0) is 43.2 Å². The number of benzene rings is 2. The van der Waals surface area contributed by atoms with Gasteiger partial charge in [0.15, 0.2) is 0 Å². The summed E-state index contributed by atoms with van der Waals surface area (Å²) in [5.74, 6) is 0. The smallest absolute Gasteiger partial charge is 0.258 e. The van der Waals surface area contributed by atoms with Gasteiger partial charge in [-0.25, -0.2) is 31.9 Å². The Kier molecular flexibility index (Phi) is 6.19. The average molecular weight is 481 g/mol. The fourth-order valence-corrected chi connectivity index (χ4v) is 5.30. The fraction of sp³-hybridized carbons (Fsp3) is 0.211. The average Bonchev–Trinajstić information content (AvgIpc) is 2.70. The van der Waals surface area contributed by atoms with Gasteiger partial charge in [0.1, 0.15) is 0 Å². The van der Waals surface area contributed by atoms with Gasteiger partial charge in [-0.1, -0.05) is 18.5 Å². The first-order valence-corrected chi connectivity index (χ1v) is 11.1. The molecule has 0 atom stereocenters. The number of rotatable bonds is 6. The molecule has 3 aromatic rings. The Morgan fingerprint density at radius 1 is 1.09 bits per heavy atom. The van der Waals surface area contributed by atoms with Gasteiger partial charge >= 0.3 is 17.1 Å². The van der Waals surface area contributed by atoms with E-state index in [1.54, 1.807) is 6.92 Å². The number of nitrogens with zero attached hydrogens (tertiary/aromatic N) is 3. The first-order valence-electron chi connectivity index (χ1n) is 9.25. The van der Waals surface area contributed by atoms with E-state index in [1.165, 1.54) is 31.2 Å². The minimum absolute atomic E-state index is 0.0478. The van der Waals surface area contributed by atoms with Crippen LogP contribution in [0, 0.1) is 17.0 Å². The van der Waals surface area contributed by atoms with Crippen molar-refractivity contribution in [2.45, 2.75) is 36.6 Å². The number of non-ortho nitro benzene ring substituents is 1. The number of aromatic amines is 1. The van der Waals surface area contributed by atoms with Crippen LogP contribution >= 0.6 is 11.6 Å². The molecule has 2 aromatic carbocycles. The molecule has 1 heterocycles. The summed E-state index contributed by atoms with van der Waals surface area (Å²) in [6.07, 6.45) is 0.480. The molecule has 0 bridgehead atoms. The van der Waals surface area contributed by atoms with Gasteiger partial charge < -0.3 is 0 Å². The minimum Gasteiger partial charge on any atom is -0.258 e. The van der Waals surface area contributed by atoms with Crippen molar-refractivity contribution in [3.63, 3.8) is 0 Å². The summed E-state index contributed by atoms with van der Waals surface area (Å²) in [4.78, 5) is 48.5. The van der Waals surface area contributed by atoms with Crippen LogP contribution in [0.3, 0.4) is 0 Å². The van der Waals surface area contributed by atoms with Crippen molar-refractivity contribution in [2.75, 3.05) is 0 Å². The van der Waals surface area contributed by atoms with E-state index in [-0.39, 0.29) is 38.3 Å². The highest BCUT2D eigenvalue weighted by atomic mass is 35.5. The highest BCUT2D eigenvalue weighted by molar-refractivity contribution is 7.91. The number of H-pyrrole nitrogens is 1. The van der Waals surface area contributed by atoms with E-state index in [0.29, 0.717) is 6.42 Å². The van der Waals surface area contributed by atoms with Crippen LogP contribution in [0.4, 0.5) is 5.69 Å². The first kappa shape index (κ1) is 23.2. The highest BCUT2D eigenvalue weighted by Gasteiger charge is 2.26. The van der Waals surface area contributed by atoms with Gasteiger partial charge in [0, 0.05) is 18.7 Å². The van der Waals surface area contributed by atoms with E-state index in [4.69, 9.17) is 11.6 Å². The number of halogens is 1. The molecule has 3 rings (SSSR count). The van der Waals surface area contributed by atoms with E-state index in [9.17, 15) is 32.9 Å². The van der Waals surface area contributed by atoms with Gasteiger partial charge in [-0.2, -0.15) is 0 Å². The Hall–Kier alpha value is -3.51. The van der Waals surface area contributed by atoms with Crippen LogP contribution in [0.15, 0.2) is 60.6 Å². The number of sulfone groups is 1. The molecule has 0 aliphatic carbocycles. The second-order valence-corrected chi connectivity index (χ2v) is 9.13. The zero-order valence-corrected chi connectivity index (χ0v) is 18.4. The summed E-state index contributed by atoms with van der Waals surface area (Å²) < 4.78 is 27.8. The Balaban J connectivity index is 2.12. The van der Waals surface area contributed by atoms with Crippen LogP contribution in [0.5, 0.6) is 0 Å². The largest absolute Gasteiger partial charge is 0.340 e. The lowest BCUT2D eigenvalue weighted by atomic mass is 10.2. The first-order chi connectivity index (χ1) is 15.0. The third kappa shape index (κ3) is 4.01. The zero-order chi connectivity index (χ0) is 23.8. The number of hydrogen-bond acceptors (Lipinski definition) is 7. The van der Waals surface area contributed by atoms with Crippen LogP contribution < -0.4 is 17.1 Å².